The van der Waals surface area contributed by atoms with Crippen LogP contribution >= 0.6 is 45.3 Å². The maximum atomic E-state index is 13.8. The average Bonchev–Trinajstić information content (AvgIpc) is 1.63. The summed E-state index contributed by atoms with van der Waals surface area (Å²) in [6.07, 6.45) is 10.4. The van der Waals surface area contributed by atoms with Crippen molar-refractivity contribution in [2.24, 2.45) is 0 Å². The van der Waals surface area contributed by atoms with Crippen LogP contribution in [-0.4, -0.2) is 93.0 Å². The summed E-state index contributed by atoms with van der Waals surface area (Å²) in [5, 5.41) is 88.6. The van der Waals surface area contributed by atoms with Gasteiger partial charge >= 0.3 is 23.9 Å². The van der Waals surface area contributed by atoms with Gasteiger partial charge in [-0.2, -0.15) is 0 Å². The number of hydrogen-bond donors (Lipinski definition) is 9. The van der Waals surface area contributed by atoms with E-state index in [1.807, 2.05) is 200 Å². The molecule has 0 fully saturated rings. The fraction of sp³-hybridized carbons (Fsp3) is 0.0857. The molecule has 0 radical (unpaired) electrons. The van der Waals surface area contributed by atoms with E-state index in [0.717, 1.165) is 170 Å². The first-order valence-electron chi connectivity index (χ1n) is 39.5. The van der Waals surface area contributed by atoms with E-state index in [1.54, 1.807) is 92.7 Å². The lowest BCUT2D eigenvalue weighted by molar-refractivity contribution is -0.132. The minimum atomic E-state index is -1.02. The smallest absolute Gasteiger partial charge is 0.328 e. The fourth-order valence-corrected chi connectivity index (χ4v) is 20.3. The number of carbonyl (C=O) groups excluding carboxylic acids is 4. The molecule has 126 heavy (non-hydrogen) atoms. The predicted molar refractivity (Wildman–Crippen MR) is 506 cm³/mol. The third-order valence-corrected chi connectivity index (χ3v) is 25.5. The molecule has 4 heterocycles. The molecule has 0 saturated carbocycles. The number of rotatable bonds is 20. The van der Waals surface area contributed by atoms with E-state index in [1.165, 1.54) is 69.7 Å². The number of fused-ring (bicyclic) bond motifs is 4. The Labute approximate surface area is 740 Å². The standard InChI is InChI=1S/2C27H22O4S.C26H20O5S.C25H18O4S/c2*1-15-12-16(2)24(17(3)13-15)26(31)27-25(21-10-9-20(28)14-22(21)32-27)19-7-4-18(5-8-19)6-11-23(29)30;1-14-11-19(28)12-15(2)23(14)25(31)26-24(20-9-8-18(27)13-21(20)32-26)17-6-3-16(4-7-17)5-10-22(29)30;1-15-4-2-3-5-19(15)24(29)25-23(20-12-11-18(26)14-21(20)30-25)17-9-6-16(7-10-17)8-13-22(27)28/h2*4-14,28H,1-3H3,(H,29,30);3-13,27-28H,1-2H3,(H,29,30);2-14,26H,1H3,(H,27,28)/b2*11-6+;10-5+;13-8+. The van der Waals surface area contributed by atoms with Crippen LogP contribution in [0.25, 0.3) is 109 Å². The Kier molecular flexibility index (Phi) is 26.9. The number of phenolic OH excluding ortho intramolecular Hbond substituents is 5. The van der Waals surface area contributed by atoms with Gasteiger partial charge in [0, 0.05) is 109 Å². The molecular formula is C105H82O17S4. The lowest BCUT2D eigenvalue weighted by Gasteiger charge is -2.11. The number of thiophene rings is 4. The molecule has 9 N–H and O–H groups in total. The van der Waals surface area contributed by atoms with Crippen LogP contribution in [0.1, 0.15) is 133 Å². The molecule has 0 bridgehead atoms. The molecule has 21 heteroatoms. The molecule has 17 nitrogen and oxygen atoms in total. The number of aromatic hydroxyl groups is 5. The number of carboxylic acid groups (broad SMARTS) is 4. The lowest BCUT2D eigenvalue weighted by Crippen LogP contribution is -2.06. The summed E-state index contributed by atoms with van der Waals surface area (Å²) in [6, 6.07) is 68.7. The minimum Gasteiger partial charge on any atom is -0.508 e. The normalized spacial score (nSPS) is 11.3. The van der Waals surface area contributed by atoms with Crippen LogP contribution in [0, 0.1) is 62.3 Å². The molecule has 16 rings (SSSR count). The first kappa shape index (κ1) is 88.8. The highest BCUT2D eigenvalue weighted by atomic mass is 32.1. The van der Waals surface area contributed by atoms with Crippen LogP contribution in [0.2, 0.25) is 0 Å². The second-order valence-corrected chi connectivity index (χ2v) is 34.5. The van der Waals surface area contributed by atoms with Crippen molar-refractivity contribution in [3.8, 4) is 73.3 Å². The van der Waals surface area contributed by atoms with Gasteiger partial charge in [-0.05, 0) is 255 Å². The van der Waals surface area contributed by atoms with Crippen molar-refractivity contribution in [2.75, 3.05) is 0 Å². The summed E-state index contributed by atoms with van der Waals surface area (Å²) in [6.45, 7) is 17.3. The molecule has 12 aromatic carbocycles. The molecule has 628 valence electrons. The first-order chi connectivity index (χ1) is 60.2. The second-order valence-electron chi connectivity index (χ2n) is 30.3. The number of phenols is 5. The van der Waals surface area contributed by atoms with Crippen LogP contribution in [0.3, 0.4) is 0 Å². The SMILES string of the molecule is Cc1cc(C)c(C(=O)c2sc3cc(O)ccc3c2-c2ccc(/C=C/C(=O)O)cc2)c(C)c1.Cc1cc(C)c(C(=O)c2sc3cc(O)ccc3c2-c2ccc(/C=C/C(=O)O)cc2)c(C)c1.Cc1cc(O)cc(C)c1C(=O)c1sc2cc(O)ccc2c1-c1ccc(/C=C/C(=O)O)cc1.Cc1ccccc1C(=O)c1sc2cc(O)ccc2c1-c1ccc(/C=C/C(=O)O)cc1. The van der Waals surface area contributed by atoms with Crippen molar-refractivity contribution in [1.29, 1.82) is 0 Å². The zero-order valence-corrected chi connectivity index (χ0v) is 72.7. The zero-order valence-electron chi connectivity index (χ0n) is 69.5. The van der Waals surface area contributed by atoms with Gasteiger partial charge in [0.05, 0.1) is 19.5 Å². The summed E-state index contributed by atoms with van der Waals surface area (Å²) >= 11 is 5.42. The van der Waals surface area contributed by atoms with Gasteiger partial charge in [-0.1, -0.05) is 157 Å². The number of aryl methyl sites for hydroxylation is 9. The van der Waals surface area contributed by atoms with Gasteiger partial charge in [-0.15, -0.1) is 45.3 Å². The molecule has 0 aliphatic heterocycles. The van der Waals surface area contributed by atoms with Crippen molar-refractivity contribution < 1.29 is 84.3 Å². The number of aliphatic carboxylic acids is 4. The van der Waals surface area contributed by atoms with E-state index in [4.69, 9.17) is 20.4 Å². The van der Waals surface area contributed by atoms with Crippen molar-refractivity contribution >= 4 is 157 Å². The van der Waals surface area contributed by atoms with E-state index in [-0.39, 0.29) is 51.9 Å². The molecular weight excluding hydrogens is 1660 g/mol. The lowest BCUT2D eigenvalue weighted by atomic mass is 9.92. The molecule has 0 unspecified atom stereocenters. The maximum absolute atomic E-state index is 13.8. The Hall–Kier alpha value is -15.0. The van der Waals surface area contributed by atoms with Crippen molar-refractivity contribution in [3.63, 3.8) is 0 Å². The van der Waals surface area contributed by atoms with Crippen molar-refractivity contribution in [2.45, 2.75) is 62.3 Å². The molecule has 0 atom stereocenters. The minimum absolute atomic E-state index is 0.0365. The van der Waals surface area contributed by atoms with Gasteiger partial charge < -0.3 is 46.0 Å². The zero-order chi connectivity index (χ0) is 90.2. The van der Waals surface area contributed by atoms with Gasteiger partial charge in [-0.25, -0.2) is 19.2 Å². The summed E-state index contributed by atoms with van der Waals surface area (Å²) in [5.41, 5.74) is 20.5. The Morgan fingerprint density at radius 2 is 0.476 bits per heavy atom. The second kappa shape index (κ2) is 38.2. The monoisotopic (exact) mass is 1740 g/mol. The molecule has 0 spiro atoms. The molecule has 16 aromatic rings. The van der Waals surface area contributed by atoms with E-state index >= 15 is 0 Å². The number of benzene rings is 12. The number of hydrogen-bond acceptors (Lipinski definition) is 17. The van der Waals surface area contributed by atoms with Crippen LogP contribution in [0.5, 0.6) is 28.7 Å². The van der Waals surface area contributed by atoms with Gasteiger partial charge in [0.1, 0.15) is 28.7 Å². The van der Waals surface area contributed by atoms with E-state index < -0.39 is 23.9 Å². The highest BCUT2D eigenvalue weighted by molar-refractivity contribution is 7.23. The number of ketones is 4. The molecule has 0 amide bonds. The summed E-state index contributed by atoms with van der Waals surface area (Å²) in [5.74, 6) is -3.62. The Bertz CT molecular complexity index is 6600. The molecule has 4 aromatic heterocycles. The summed E-state index contributed by atoms with van der Waals surface area (Å²) < 4.78 is 3.28. The van der Waals surface area contributed by atoms with Gasteiger partial charge in [0.2, 0.25) is 23.1 Å². The highest BCUT2D eigenvalue weighted by Gasteiger charge is 2.29. The highest BCUT2D eigenvalue weighted by Crippen LogP contribution is 2.47. The molecule has 0 aliphatic carbocycles. The average molecular weight is 1740 g/mol. The molecule has 0 saturated heterocycles. The Balaban J connectivity index is 0.000000144. The third kappa shape index (κ3) is 20.0. The number of carboxylic acids is 4. The van der Waals surface area contributed by atoms with Gasteiger partial charge in [-0.3, -0.25) is 19.2 Å². The fourth-order valence-electron chi connectivity index (χ4n) is 15.5. The predicted octanol–water partition coefficient (Wildman–Crippen LogP) is 24.9. The largest absolute Gasteiger partial charge is 0.508 e. The first-order valence-corrected chi connectivity index (χ1v) is 42.7. The van der Waals surface area contributed by atoms with E-state index in [9.17, 15) is 63.9 Å². The van der Waals surface area contributed by atoms with Crippen molar-refractivity contribution in [1.82, 2.24) is 0 Å². The van der Waals surface area contributed by atoms with Gasteiger partial charge in [0.15, 0.2) is 0 Å². The quantitative estimate of drug-likeness (QED) is 0.0253. The van der Waals surface area contributed by atoms with Crippen LogP contribution < -0.4 is 0 Å². The van der Waals surface area contributed by atoms with E-state index in [2.05, 4.69) is 0 Å². The topological polar surface area (TPSA) is 319 Å². The van der Waals surface area contributed by atoms with Crippen LogP contribution in [-0.2, 0) is 19.2 Å². The maximum Gasteiger partial charge on any atom is 0.328 e. The molecule has 0 aliphatic rings. The summed E-state index contributed by atoms with van der Waals surface area (Å²) in [4.78, 5) is 100. The van der Waals surface area contributed by atoms with Gasteiger partial charge in [0.25, 0.3) is 0 Å². The number of carbonyl (C=O) groups is 8. The third-order valence-electron chi connectivity index (χ3n) is 20.9. The Morgan fingerprint density at radius 3 is 0.714 bits per heavy atom. The Morgan fingerprint density at radius 1 is 0.246 bits per heavy atom. The van der Waals surface area contributed by atoms with Crippen LogP contribution in [0.15, 0.2) is 255 Å². The van der Waals surface area contributed by atoms with E-state index in [0.29, 0.717) is 52.9 Å². The van der Waals surface area contributed by atoms with Crippen molar-refractivity contribution in [3.05, 3.63) is 369 Å². The van der Waals surface area contributed by atoms with Crippen LogP contribution in [0.4, 0.5) is 0 Å². The summed E-state index contributed by atoms with van der Waals surface area (Å²) in [7, 11) is 0.